The van der Waals surface area contributed by atoms with Gasteiger partial charge in [-0.15, -0.1) is 11.3 Å². The number of nitrogens with one attached hydrogen (secondary N) is 2. The Hall–Kier alpha value is -1.31. The molecular formula is C16H25F3N4S. The lowest BCUT2D eigenvalue weighted by Crippen LogP contribution is -2.42. The van der Waals surface area contributed by atoms with Crippen molar-refractivity contribution in [3.8, 4) is 0 Å². The lowest BCUT2D eigenvalue weighted by molar-refractivity contribution is -0.140. The largest absolute Gasteiger partial charge is 0.434 e. The minimum atomic E-state index is -4.36. The number of hydrogen-bond acceptors (Lipinski definition) is 3. The first-order chi connectivity index (χ1) is 11.4. The molecular weight excluding hydrogens is 337 g/mol. The molecule has 0 spiro atoms. The first-order valence-corrected chi connectivity index (χ1v) is 9.24. The highest BCUT2D eigenvalue weighted by Crippen LogP contribution is 2.30. The molecule has 0 aromatic carbocycles. The molecule has 1 aromatic heterocycles. The molecule has 1 aliphatic carbocycles. The highest BCUT2D eigenvalue weighted by Gasteiger charge is 2.33. The average Bonchev–Trinajstić information content (AvgIpc) is 3.01. The van der Waals surface area contributed by atoms with Crippen molar-refractivity contribution in [1.29, 1.82) is 0 Å². The van der Waals surface area contributed by atoms with Crippen molar-refractivity contribution in [2.24, 2.45) is 16.8 Å². The molecule has 8 heteroatoms. The zero-order chi connectivity index (χ0) is 17.6. The predicted octanol–water partition coefficient (Wildman–Crippen LogP) is 3.70. The van der Waals surface area contributed by atoms with E-state index in [2.05, 4.69) is 27.5 Å². The molecule has 2 atom stereocenters. The van der Waals surface area contributed by atoms with E-state index in [4.69, 9.17) is 0 Å². The van der Waals surface area contributed by atoms with Crippen molar-refractivity contribution in [3.05, 3.63) is 16.1 Å². The predicted molar refractivity (Wildman–Crippen MR) is 91.3 cm³/mol. The molecule has 2 unspecified atom stereocenters. The standard InChI is InChI=1S/C16H25F3N4S/c1-11-5-3-4-6-12(11)9-22-15(20-2)21-8-7-14-23-13(10-24-14)16(17,18)19/h10-12H,3-9H2,1-2H3,(H2,20,21,22). The van der Waals surface area contributed by atoms with Gasteiger partial charge in [-0.1, -0.05) is 26.2 Å². The molecule has 1 fully saturated rings. The number of nitrogens with zero attached hydrogens (tertiary/aromatic N) is 2. The van der Waals surface area contributed by atoms with Gasteiger partial charge in [0.15, 0.2) is 11.7 Å². The lowest BCUT2D eigenvalue weighted by Gasteiger charge is -2.29. The fourth-order valence-electron chi connectivity index (χ4n) is 2.99. The molecule has 0 aliphatic heterocycles. The third kappa shape index (κ3) is 5.65. The van der Waals surface area contributed by atoms with Crippen LogP contribution in [0, 0.1) is 11.8 Å². The quantitative estimate of drug-likeness (QED) is 0.620. The maximum Gasteiger partial charge on any atom is 0.434 e. The van der Waals surface area contributed by atoms with E-state index in [0.717, 1.165) is 29.2 Å². The van der Waals surface area contributed by atoms with E-state index in [1.54, 1.807) is 7.05 Å². The zero-order valence-electron chi connectivity index (χ0n) is 14.1. The minimum absolute atomic E-state index is 0.446. The summed E-state index contributed by atoms with van der Waals surface area (Å²) in [5.74, 6) is 2.08. The van der Waals surface area contributed by atoms with E-state index in [-0.39, 0.29) is 0 Å². The summed E-state index contributed by atoms with van der Waals surface area (Å²) in [5, 5.41) is 8.01. The fraction of sp³-hybridized carbons (Fsp3) is 0.750. The number of alkyl halides is 3. The van der Waals surface area contributed by atoms with Gasteiger partial charge in [-0.05, 0) is 18.3 Å². The lowest BCUT2D eigenvalue weighted by atomic mass is 9.80. The van der Waals surface area contributed by atoms with Gasteiger partial charge >= 0.3 is 6.18 Å². The number of aliphatic imine (C=N–C) groups is 1. The molecule has 2 N–H and O–H groups in total. The molecule has 1 saturated carbocycles. The molecule has 0 saturated heterocycles. The summed E-state index contributed by atoms with van der Waals surface area (Å²) < 4.78 is 37.5. The molecule has 0 radical (unpaired) electrons. The molecule has 2 rings (SSSR count). The van der Waals surface area contributed by atoms with Gasteiger partial charge in [0.2, 0.25) is 0 Å². The van der Waals surface area contributed by atoms with Gasteiger partial charge in [-0.25, -0.2) is 4.98 Å². The maximum atomic E-state index is 12.5. The number of hydrogen-bond donors (Lipinski definition) is 2. The van der Waals surface area contributed by atoms with Crippen LogP contribution in [0.4, 0.5) is 13.2 Å². The Balaban J connectivity index is 1.72. The van der Waals surface area contributed by atoms with Gasteiger partial charge in [0.25, 0.3) is 0 Å². The number of aromatic nitrogens is 1. The van der Waals surface area contributed by atoms with Crippen LogP contribution in [0.25, 0.3) is 0 Å². The van der Waals surface area contributed by atoms with Gasteiger partial charge < -0.3 is 10.6 Å². The molecule has 24 heavy (non-hydrogen) atoms. The van der Waals surface area contributed by atoms with Crippen LogP contribution >= 0.6 is 11.3 Å². The van der Waals surface area contributed by atoms with Crippen LogP contribution in [-0.2, 0) is 12.6 Å². The van der Waals surface area contributed by atoms with E-state index < -0.39 is 11.9 Å². The number of thiazole rings is 1. The average molecular weight is 362 g/mol. The van der Waals surface area contributed by atoms with Crippen molar-refractivity contribution < 1.29 is 13.2 Å². The smallest absolute Gasteiger partial charge is 0.356 e. The maximum absolute atomic E-state index is 12.5. The molecule has 136 valence electrons. The summed E-state index contributed by atoms with van der Waals surface area (Å²) in [6.07, 6.45) is 1.21. The molecule has 0 amide bonds. The Bertz CT molecular complexity index is 542. The van der Waals surface area contributed by atoms with E-state index in [9.17, 15) is 13.2 Å². The Morgan fingerprint density at radius 3 is 2.71 bits per heavy atom. The second-order valence-electron chi connectivity index (χ2n) is 6.28. The van der Waals surface area contributed by atoms with Crippen molar-refractivity contribution in [2.45, 2.75) is 45.2 Å². The first kappa shape index (κ1) is 19.0. The summed E-state index contributed by atoms with van der Waals surface area (Å²) in [5.41, 5.74) is -0.809. The Morgan fingerprint density at radius 1 is 1.33 bits per heavy atom. The van der Waals surface area contributed by atoms with E-state index in [1.807, 2.05) is 0 Å². The molecule has 1 aliphatic rings. The zero-order valence-corrected chi connectivity index (χ0v) is 14.9. The van der Waals surface area contributed by atoms with Crippen LogP contribution < -0.4 is 10.6 Å². The van der Waals surface area contributed by atoms with Crippen LogP contribution in [0.15, 0.2) is 10.4 Å². The van der Waals surface area contributed by atoms with E-state index in [1.165, 1.54) is 25.7 Å². The Kier molecular flexibility index (Phi) is 6.89. The van der Waals surface area contributed by atoms with Crippen LogP contribution in [0.2, 0.25) is 0 Å². The van der Waals surface area contributed by atoms with Crippen LogP contribution in [0.1, 0.15) is 43.3 Å². The van der Waals surface area contributed by atoms with Gasteiger partial charge in [-0.3, -0.25) is 4.99 Å². The topological polar surface area (TPSA) is 49.3 Å². The number of halogens is 3. The molecule has 4 nitrogen and oxygen atoms in total. The Morgan fingerprint density at radius 2 is 2.08 bits per heavy atom. The number of rotatable bonds is 5. The van der Waals surface area contributed by atoms with Crippen LogP contribution in [0.3, 0.4) is 0 Å². The monoisotopic (exact) mass is 362 g/mol. The van der Waals surface area contributed by atoms with Gasteiger partial charge in [0.05, 0.1) is 5.01 Å². The van der Waals surface area contributed by atoms with Crippen molar-refractivity contribution in [3.63, 3.8) is 0 Å². The van der Waals surface area contributed by atoms with Gasteiger partial charge in [0, 0.05) is 31.9 Å². The summed E-state index contributed by atoms with van der Waals surface area (Å²) in [6, 6.07) is 0. The van der Waals surface area contributed by atoms with Gasteiger partial charge in [0.1, 0.15) is 0 Å². The number of guanidine groups is 1. The van der Waals surface area contributed by atoms with Crippen LogP contribution in [-0.4, -0.2) is 31.1 Å². The van der Waals surface area contributed by atoms with Crippen molar-refractivity contribution in [1.82, 2.24) is 15.6 Å². The molecule has 1 aromatic rings. The Labute approximate surface area is 145 Å². The van der Waals surface area contributed by atoms with E-state index >= 15 is 0 Å². The SMILES string of the molecule is CN=C(NCCc1nc(C(F)(F)F)cs1)NCC1CCCCC1C. The highest BCUT2D eigenvalue weighted by atomic mass is 32.1. The highest BCUT2D eigenvalue weighted by molar-refractivity contribution is 7.09. The summed E-state index contributed by atoms with van der Waals surface area (Å²) >= 11 is 1.04. The minimum Gasteiger partial charge on any atom is -0.356 e. The molecule has 0 bridgehead atoms. The summed E-state index contributed by atoms with van der Waals surface area (Å²) in [6.45, 7) is 3.68. The summed E-state index contributed by atoms with van der Waals surface area (Å²) in [7, 11) is 1.70. The second-order valence-corrected chi connectivity index (χ2v) is 7.22. The van der Waals surface area contributed by atoms with Crippen LogP contribution in [0.5, 0.6) is 0 Å². The third-order valence-electron chi connectivity index (χ3n) is 4.52. The summed E-state index contributed by atoms with van der Waals surface area (Å²) in [4.78, 5) is 7.80. The van der Waals surface area contributed by atoms with Crippen molar-refractivity contribution >= 4 is 17.3 Å². The van der Waals surface area contributed by atoms with Crippen molar-refractivity contribution in [2.75, 3.05) is 20.1 Å². The molecule has 1 heterocycles. The fourth-order valence-corrected chi connectivity index (χ4v) is 3.79. The second kappa shape index (κ2) is 8.69. The van der Waals surface area contributed by atoms with E-state index in [0.29, 0.717) is 29.9 Å². The first-order valence-electron chi connectivity index (χ1n) is 8.36. The third-order valence-corrected chi connectivity index (χ3v) is 5.43. The normalized spacial score (nSPS) is 22.5. The van der Waals surface area contributed by atoms with Gasteiger partial charge in [-0.2, -0.15) is 13.2 Å².